The lowest BCUT2D eigenvalue weighted by Crippen LogP contribution is -2.44. The molecule has 0 spiro atoms. The van der Waals surface area contributed by atoms with E-state index in [9.17, 15) is 4.79 Å². The zero-order valence-electron chi connectivity index (χ0n) is 16.5. The third kappa shape index (κ3) is 3.96. The van der Waals surface area contributed by atoms with Gasteiger partial charge in [0.15, 0.2) is 0 Å². The van der Waals surface area contributed by atoms with Crippen LogP contribution >= 0.6 is 11.3 Å². The number of carbonyl (C=O) groups is 1. The molecule has 0 atom stereocenters. The van der Waals surface area contributed by atoms with Crippen LogP contribution in [0.3, 0.4) is 0 Å². The second-order valence-electron chi connectivity index (χ2n) is 7.75. The number of nitrogens with one attached hydrogen (secondary N) is 1. The van der Waals surface area contributed by atoms with E-state index in [-0.39, 0.29) is 18.2 Å². The van der Waals surface area contributed by atoms with Crippen molar-refractivity contribution in [3.05, 3.63) is 64.8 Å². The summed E-state index contributed by atoms with van der Waals surface area (Å²) in [5, 5.41) is 11.7. The molecule has 3 N–H and O–H groups in total. The number of hydrogen-bond acceptors (Lipinski definition) is 7. The summed E-state index contributed by atoms with van der Waals surface area (Å²) in [7, 11) is 0. The number of benzene rings is 2. The fraction of sp³-hybridized carbons (Fsp3) is 0.273. The average Bonchev–Trinajstić information content (AvgIpc) is 3.10. The summed E-state index contributed by atoms with van der Waals surface area (Å²) in [5.74, 6) is 0.536. The molecule has 0 aliphatic heterocycles. The highest BCUT2D eigenvalue weighted by Gasteiger charge is 2.39. The molecule has 0 bridgehead atoms. The van der Waals surface area contributed by atoms with Crippen molar-refractivity contribution in [3.63, 3.8) is 0 Å². The highest BCUT2D eigenvalue weighted by molar-refractivity contribution is 7.18. The van der Waals surface area contributed by atoms with Crippen LogP contribution in [0, 0.1) is 6.92 Å². The zero-order chi connectivity index (χ0) is 20.7. The Labute approximate surface area is 177 Å². The maximum atomic E-state index is 12.0. The molecule has 2 aromatic heterocycles. The highest BCUT2D eigenvalue weighted by atomic mass is 32.1. The number of carbonyl (C=O) groups excluding carboxylic acids is 1. The summed E-state index contributed by atoms with van der Waals surface area (Å²) in [6.07, 6.45) is 2.08. The van der Waals surface area contributed by atoms with Crippen molar-refractivity contribution >= 4 is 27.5 Å². The van der Waals surface area contributed by atoms with E-state index < -0.39 is 5.66 Å². The first kappa shape index (κ1) is 18.9. The molecule has 1 aliphatic carbocycles. The SMILES string of the molecule is Cc1ccccc1-c1ccc2nc(Cc3nnc(CC(=O)NC4(N)CC4)o3)sc2c1. The zero-order valence-corrected chi connectivity index (χ0v) is 17.3. The third-order valence-electron chi connectivity index (χ3n) is 5.19. The molecule has 1 amide bonds. The van der Waals surface area contributed by atoms with Gasteiger partial charge in [0, 0.05) is 0 Å². The van der Waals surface area contributed by atoms with Crippen LogP contribution in [0.4, 0.5) is 0 Å². The van der Waals surface area contributed by atoms with Crippen molar-refractivity contribution in [2.45, 2.75) is 38.3 Å². The molecule has 2 heterocycles. The third-order valence-corrected chi connectivity index (χ3v) is 6.21. The molecule has 0 unspecified atom stereocenters. The number of thiazole rings is 1. The van der Waals surface area contributed by atoms with Crippen LogP contribution < -0.4 is 11.1 Å². The van der Waals surface area contributed by atoms with Crippen molar-refractivity contribution in [3.8, 4) is 11.1 Å². The lowest BCUT2D eigenvalue weighted by Gasteiger charge is -2.09. The van der Waals surface area contributed by atoms with Gasteiger partial charge in [0.25, 0.3) is 0 Å². The Morgan fingerprint density at radius 1 is 1.20 bits per heavy atom. The minimum absolute atomic E-state index is 0.0333. The fourth-order valence-electron chi connectivity index (χ4n) is 3.39. The summed E-state index contributed by atoms with van der Waals surface area (Å²) in [6, 6.07) is 14.7. The lowest BCUT2D eigenvalue weighted by atomic mass is 10.0. The van der Waals surface area contributed by atoms with Crippen LogP contribution in [-0.2, 0) is 17.6 Å². The molecule has 1 fully saturated rings. The van der Waals surface area contributed by atoms with E-state index in [1.165, 1.54) is 16.7 Å². The first-order valence-corrected chi connectivity index (χ1v) is 10.7. The molecule has 7 nitrogen and oxygen atoms in total. The Morgan fingerprint density at radius 3 is 2.80 bits per heavy atom. The first-order chi connectivity index (χ1) is 14.5. The number of nitrogens with zero attached hydrogens (tertiary/aromatic N) is 3. The maximum absolute atomic E-state index is 12.0. The molecular weight excluding hydrogens is 398 g/mol. The van der Waals surface area contributed by atoms with Crippen LogP contribution in [-0.4, -0.2) is 26.8 Å². The van der Waals surface area contributed by atoms with Crippen molar-refractivity contribution in [2.75, 3.05) is 0 Å². The van der Waals surface area contributed by atoms with E-state index in [1.54, 1.807) is 11.3 Å². The van der Waals surface area contributed by atoms with E-state index in [2.05, 4.69) is 57.8 Å². The minimum atomic E-state index is -0.544. The van der Waals surface area contributed by atoms with Gasteiger partial charge in [-0.05, 0) is 48.6 Å². The Balaban J connectivity index is 1.30. The van der Waals surface area contributed by atoms with Crippen molar-refractivity contribution in [2.24, 2.45) is 5.73 Å². The normalized spacial score (nSPS) is 14.7. The number of aryl methyl sites for hydroxylation is 1. The number of aromatic nitrogens is 3. The van der Waals surface area contributed by atoms with E-state index in [4.69, 9.17) is 10.2 Å². The average molecular weight is 420 g/mol. The molecule has 2 aromatic carbocycles. The van der Waals surface area contributed by atoms with Gasteiger partial charge in [-0.1, -0.05) is 30.3 Å². The predicted octanol–water partition coefficient (Wildman–Crippen LogP) is 3.35. The number of nitrogens with two attached hydrogens (primary N) is 1. The van der Waals surface area contributed by atoms with Crippen molar-refractivity contribution in [1.82, 2.24) is 20.5 Å². The molecule has 0 saturated heterocycles. The predicted molar refractivity (Wildman–Crippen MR) is 115 cm³/mol. The number of hydrogen-bond donors (Lipinski definition) is 2. The molecule has 1 aliphatic rings. The number of amides is 1. The molecule has 30 heavy (non-hydrogen) atoms. The Morgan fingerprint density at radius 2 is 2.00 bits per heavy atom. The first-order valence-electron chi connectivity index (χ1n) is 9.84. The molecule has 0 radical (unpaired) electrons. The standard InChI is InChI=1S/C22H21N5O2S/c1-13-4-2-3-5-15(13)14-6-7-16-17(10-14)30-21(24-16)12-20-27-26-19(29-20)11-18(28)25-22(23)8-9-22/h2-7,10H,8-9,11-12,23H2,1H3,(H,25,28). The van der Waals surface area contributed by atoms with Gasteiger partial charge >= 0.3 is 0 Å². The van der Waals surface area contributed by atoms with Crippen LogP contribution in [0.1, 0.15) is 35.2 Å². The van der Waals surface area contributed by atoms with Crippen molar-refractivity contribution < 1.29 is 9.21 Å². The minimum Gasteiger partial charge on any atom is -0.424 e. The van der Waals surface area contributed by atoms with E-state index in [1.807, 2.05) is 12.1 Å². The van der Waals surface area contributed by atoms with E-state index >= 15 is 0 Å². The summed E-state index contributed by atoms with van der Waals surface area (Å²) in [4.78, 5) is 16.7. The van der Waals surface area contributed by atoms with Gasteiger partial charge in [-0.3, -0.25) is 4.79 Å². The second kappa shape index (κ2) is 7.30. The smallest absolute Gasteiger partial charge is 0.230 e. The Bertz CT molecular complexity index is 1240. The highest BCUT2D eigenvalue weighted by Crippen LogP contribution is 2.31. The topological polar surface area (TPSA) is 107 Å². The summed E-state index contributed by atoms with van der Waals surface area (Å²) in [5.41, 5.74) is 9.94. The largest absolute Gasteiger partial charge is 0.424 e. The lowest BCUT2D eigenvalue weighted by molar-refractivity contribution is -0.121. The Kier molecular flexibility index (Phi) is 4.60. The van der Waals surface area contributed by atoms with Crippen LogP contribution in [0.15, 0.2) is 46.9 Å². The van der Waals surface area contributed by atoms with Gasteiger partial charge in [-0.15, -0.1) is 21.5 Å². The van der Waals surface area contributed by atoms with Crippen LogP contribution in [0.5, 0.6) is 0 Å². The maximum Gasteiger partial charge on any atom is 0.230 e. The number of fused-ring (bicyclic) bond motifs is 1. The molecule has 152 valence electrons. The molecule has 1 saturated carbocycles. The van der Waals surface area contributed by atoms with Gasteiger partial charge in [-0.25, -0.2) is 4.98 Å². The van der Waals surface area contributed by atoms with E-state index in [0.717, 1.165) is 28.1 Å². The van der Waals surface area contributed by atoms with Crippen LogP contribution in [0.25, 0.3) is 21.3 Å². The second-order valence-corrected chi connectivity index (χ2v) is 8.87. The molecular formula is C22H21N5O2S. The Hall–Kier alpha value is -3.10. The summed E-state index contributed by atoms with van der Waals surface area (Å²) < 4.78 is 6.75. The van der Waals surface area contributed by atoms with Gasteiger partial charge in [0.05, 0.1) is 22.3 Å². The monoisotopic (exact) mass is 419 g/mol. The molecule has 4 aromatic rings. The van der Waals surface area contributed by atoms with Crippen molar-refractivity contribution in [1.29, 1.82) is 0 Å². The van der Waals surface area contributed by atoms with Gasteiger partial charge < -0.3 is 15.5 Å². The van der Waals surface area contributed by atoms with Crippen LogP contribution in [0.2, 0.25) is 0 Å². The van der Waals surface area contributed by atoms with E-state index in [0.29, 0.717) is 12.3 Å². The van der Waals surface area contributed by atoms with Gasteiger partial charge in [0.1, 0.15) is 11.4 Å². The molecule has 5 rings (SSSR count). The summed E-state index contributed by atoms with van der Waals surface area (Å²) >= 11 is 1.61. The van der Waals surface area contributed by atoms with Gasteiger partial charge in [-0.2, -0.15) is 0 Å². The fourth-order valence-corrected chi connectivity index (χ4v) is 4.39. The summed E-state index contributed by atoms with van der Waals surface area (Å²) in [6.45, 7) is 2.11. The van der Waals surface area contributed by atoms with Gasteiger partial charge in [0.2, 0.25) is 17.7 Å². The number of rotatable bonds is 6. The quantitative estimate of drug-likeness (QED) is 0.464. The molecule has 8 heteroatoms.